The monoisotopic (exact) mass is 251 g/mol. The normalized spacial score (nSPS) is 28.5. The van der Waals surface area contributed by atoms with Gasteiger partial charge in [-0.1, -0.05) is 13.3 Å². The molecule has 0 spiro atoms. The number of hydrogen-bond acceptors (Lipinski definition) is 4. The Bertz CT molecular complexity index is 401. The fourth-order valence-electron chi connectivity index (χ4n) is 2.91. The zero-order chi connectivity index (χ0) is 11.8. The van der Waals surface area contributed by atoms with Crippen molar-refractivity contribution in [3.63, 3.8) is 0 Å². The molecular formula is C13H21N3S. The second-order valence-electron chi connectivity index (χ2n) is 5.31. The number of aromatic nitrogens is 1. The Labute approximate surface area is 107 Å². The minimum absolute atomic E-state index is 0.188. The molecule has 0 radical (unpaired) electrons. The van der Waals surface area contributed by atoms with Gasteiger partial charge in [-0.05, 0) is 31.6 Å². The number of hydrogen-bond donors (Lipinski definition) is 1. The van der Waals surface area contributed by atoms with Crippen molar-refractivity contribution < 1.29 is 0 Å². The average molecular weight is 251 g/mol. The SMILES string of the molecule is CCC1CCN(c2nc3c(s2)CCCC3N)C1. The van der Waals surface area contributed by atoms with E-state index in [4.69, 9.17) is 10.7 Å². The molecule has 1 saturated heterocycles. The smallest absolute Gasteiger partial charge is 0.185 e. The van der Waals surface area contributed by atoms with Crippen LogP contribution in [-0.2, 0) is 6.42 Å². The summed E-state index contributed by atoms with van der Waals surface area (Å²) < 4.78 is 0. The second-order valence-corrected chi connectivity index (χ2v) is 6.37. The lowest BCUT2D eigenvalue weighted by molar-refractivity contribution is 0.562. The van der Waals surface area contributed by atoms with Gasteiger partial charge in [0.25, 0.3) is 0 Å². The fraction of sp³-hybridized carbons (Fsp3) is 0.769. The molecule has 1 fully saturated rings. The summed E-state index contributed by atoms with van der Waals surface area (Å²) in [6, 6.07) is 0.188. The molecule has 0 bridgehead atoms. The van der Waals surface area contributed by atoms with Gasteiger partial charge in [-0.25, -0.2) is 4.98 Å². The van der Waals surface area contributed by atoms with Crippen molar-refractivity contribution in [1.29, 1.82) is 0 Å². The van der Waals surface area contributed by atoms with Crippen molar-refractivity contribution in [3.05, 3.63) is 10.6 Å². The van der Waals surface area contributed by atoms with E-state index in [1.165, 1.54) is 54.5 Å². The Morgan fingerprint density at radius 3 is 3.06 bits per heavy atom. The summed E-state index contributed by atoms with van der Waals surface area (Å²) in [5.74, 6) is 0.865. The molecular weight excluding hydrogens is 230 g/mol. The van der Waals surface area contributed by atoms with Crippen LogP contribution in [-0.4, -0.2) is 18.1 Å². The summed E-state index contributed by atoms with van der Waals surface area (Å²) in [5.41, 5.74) is 7.33. The van der Waals surface area contributed by atoms with Gasteiger partial charge in [0.15, 0.2) is 5.13 Å². The van der Waals surface area contributed by atoms with E-state index in [1.807, 2.05) is 11.3 Å². The van der Waals surface area contributed by atoms with Crippen LogP contribution in [0, 0.1) is 5.92 Å². The summed E-state index contributed by atoms with van der Waals surface area (Å²) in [6.07, 6.45) is 6.14. The molecule has 2 heterocycles. The van der Waals surface area contributed by atoms with E-state index >= 15 is 0 Å². The lowest BCUT2D eigenvalue weighted by atomic mass is 9.99. The molecule has 4 heteroatoms. The summed E-state index contributed by atoms with van der Waals surface area (Å²) in [7, 11) is 0. The Morgan fingerprint density at radius 2 is 2.35 bits per heavy atom. The molecule has 94 valence electrons. The number of fused-ring (bicyclic) bond motifs is 1. The molecule has 1 aromatic rings. The Hall–Kier alpha value is -0.610. The Balaban J connectivity index is 1.80. The van der Waals surface area contributed by atoms with Crippen LogP contribution in [0.5, 0.6) is 0 Å². The van der Waals surface area contributed by atoms with Crippen LogP contribution in [0.4, 0.5) is 5.13 Å². The van der Waals surface area contributed by atoms with E-state index in [-0.39, 0.29) is 6.04 Å². The predicted molar refractivity (Wildman–Crippen MR) is 72.6 cm³/mol. The zero-order valence-corrected chi connectivity index (χ0v) is 11.3. The molecule has 0 saturated carbocycles. The van der Waals surface area contributed by atoms with Crippen LogP contribution in [0.25, 0.3) is 0 Å². The fourth-order valence-corrected chi connectivity index (χ4v) is 4.12. The first-order valence-corrected chi connectivity index (χ1v) is 7.59. The molecule has 0 aromatic carbocycles. The minimum Gasteiger partial charge on any atom is -0.348 e. The highest BCUT2D eigenvalue weighted by Crippen LogP contribution is 2.37. The molecule has 2 aliphatic rings. The van der Waals surface area contributed by atoms with Crippen molar-refractivity contribution in [2.75, 3.05) is 18.0 Å². The average Bonchev–Trinajstić information content (AvgIpc) is 2.95. The molecule has 1 aromatic heterocycles. The first kappa shape index (κ1) is 11.5. The highest BCUT2D eigenvalue weighted by atomic mass is 32.1. The highest BCUT2D eigenvalue weighted by Gasteiger charge is 2.27. The number of nitrogens with zero attached hydrogens (tertiary/aromatic N) is 2. The third kappa shape index (κ3) is 2.08. The topological polar surface area (TPSA) is 42.2 Å². The first-order chi connectivity index (χ1) is 8.28. The molecule has 1 aliphatic carbocycles. The van der Waals surface area contributed by atoms with E-state index in [1.54, 1.807) is 0 Å². The van der Waals surface area contributed by atoms with Crippen LogP contribution in [0.2, 0.25) is 0 Å². The van der Waals surface area contributed by atoms with Gasteiger partial charge in [-0.2, -0.15) is 0 Å². The van der Waals surface area contributed by atoms with Crippen molar-refractivity contribution >= 4 is 16.5 Å². The summed E-state index contributed by atoms with van der Waals surface area (Å²) in [4.78, 5) is 8.71. The van der Waals surface area contributed by atoms with Gasteiger partial charge in [0, 0.05) is 24.0 Å². The first-order valence-electron chi connectivity index (χ1n) is 6.78. The zero-order valence-electron chi connectivity index (χ0n) is 10.5. The number of thiazole rings is 1. The van der Waals surface area contributed by atoms with Crippen LogP contribution in [0.3, 0.4) is 0 Å². The second kappa shape index (κ2) is 4.58. The summed E-state index contributed by atoms with van der Waals surface area (Å²) in [5, 5.41) is 1.23. The van der Waals surface area contributed by atoms with Crippen molar-refractivity contribution in [1.82, 2.24) is 4.98 Å². The summed E-state index contributed by atoms with van der Waals surface area (Å²) in [6.45, 7) is 4.66. The van der Waals surface area contributed by atoms with E-state index in [0.29, 0.717) is 0 Å². The van der Waals surface area contributed by atoms with Crippen LogP contribution in [0.15, 0.2) is 0 Å². The molecule has 2 unspecified atom stereocenters. The molecule has 1 aliphatic heterocycles. The van der Waals surface area contributed by atoms with Crippen molar-refractivity contribution in [2.24, 2.45) is 11.7 Å². The maximum Gasteiger partial charge on any atom is 0.185 e. The van der Waals surface area contributed by atoms with Gasteiger partial charge < -0.3 is 10.6 Å². The maximum atomic E-state index is 6.14. The number of aryl methyl sites for hydroxylation is 1. The van der Waals surface area contributed by atoms with Gasteiger partial charge in [-0.15, -0.1) is 11.3 Å². The minimum atomic E-state index is 0.188. The maximum absolute atomic E-state index is 6.14. The molecule has 2 atom stereocenters. The van der Waals surface area contributed by atoms with Crippen molar-refractivity contribution in [3.8, 4) is 0 Å². The third-order valence-corrected chi connectivity index (χ3v) is 5.31. The number of nitrogens with two attached hydrogens (primary N) is 1. The predicted octanol–water partition coefficient (Wildman–Crippen LogP) is 2.72. The molecule has 17 heavy (non-hydrogen) atoms. The van der Waals surface area contributed by atoms with Gasteiger partial charge >= 0.3 is 0 Å². The molecule has 2 N–H and O–H groups in total. The largest absolute Gasteiger partial charge is 0.348 e. The van der Waals surface area contributed by atoms with Gasteiger partial charge in [0.2, 0.25) is 0 Å². The van der Waals surface area contributed by atoms with Crippen LogP contribution < -0.4 is 10.6 Å². The molecule has 0 amide bonds. The number of rotatable bonds is 2. The van der Waals surface area contributed by atoms with Crippen molar-refractivity contribution in [2.45, 2.75) is 45.1 Å². The summed E-state index contributed by atoms with van der Waals surface area (Å²) >= 11 is 1.88. The van der Waals surface area contributed by atoms with Gasteiger partial charge in [0.05, 0.1) is 5.69 Å². The lowest BCUT2D eigenvalue weighted by Gasteiger charge is -2.16. The highest BCUT2D eigenvalue weighted by molar-refractivity contribution is 7.15. The number of anilines is 1. The van der Waals surface area contributed by atoms with Crippen LogP contribution >= 0.6 is 11.3 Å². The van der Waals surface area contributed by atoms with E-state index in [2.05, 4.69) is 11.8 Å². The molecule has 3 rings (SSSR count). The van der Waals surface area contributed by atoms with E-state index in [9.17, 15) is 0 Å². The third-order valence-electron chi connectivity index (χ3n) is 4.12. The van der Waals surface area contributed by atoms with E-state index < -0.39 is 0 Å². The molecule has 3 nitrogen and oxygen atoms in total. The van der Waals surface area contributed by atoms with E-state index in [0.717, 1.165) is 12.3 Å². The Kier molecular flexibility index (Phi) is 3.09. The standard InChI is InChI=1S/C13H21N3S/c1-2-9-6-7-16(8-9)13-15-12-10(14)4-3-5-11(12)17-13/h9-10H,2-8,14H2,1H3. The van der Waals surface area contributed by atoms with Gasteiger partial charge in [-0.3, -0.25) is 0 Å². The van der Waals surface area contributed by atoms with Crippen LogP contribution in [0.1, 0.15) is 49.2 Å². The Morgan fingerprint density at radius 1 is 1.47 bits per heavy atom. The van der Waals surface area contributed by atoms with Gasteiger partial charge in [0.1, 0.15) is 0 Å². The lowest BCUT2D eigenvalue weighted by Crippen LogP contribution is -2.20. The quantitative estimate of drug-likeness (QED) is 0.879.